The highest BCUT2D eigenvalue weighted by Gasteiger charge is 2.62. The average molecular weight is 336 g/mol. The van der Waals surface area contributed by atoms with Gasteiger partial charge < -0.3 is 9.47 Å². The van der Waals surface area contributed by atoms with Gasteiger partial charge in [-0.1, -0.05) is 0 Å². The molecule has 0 amide bonds. The van der Waals surface area contributed by atoms with Crippen LogP contribution in [0.25, 0.3) is 0 Å². The number of carbonyl (C=O) groups is 1. The molecule has 0 aliphatic heterocycles. The summed E-state index contributed by atoms with van der Waals surface area (Å²) < 4.78 is 65.8. The minimum atomic E-state index is -4.57. The first kappa shape index (κ1) is 14.8. The van der Waals surface area contributed by atoms with Crippen molar-refractivity contribution in [2.75, 3.05) is 6.61 Å². The quantitative estimate of drug-likeness (QED) is 0.810. The van der Waals surface area contributed by atoms with E-state index in [4.69, 9.17) is 12.2 Å². The topological polar surface area (TPSA) is 53.4 Å². The van der Waals surface area contributed by atoms with Crippen LogP contribution >= 0.6 is 0 Å². The van der Waals surface area contributed by atoms with Crippen molar-refractivity contribution in [1.29, 1.82) is 0 Å². The van der Waals surface area contributed by atoms with E-state index in [1.54, 1.807) is 20.8 Å². The molecule has 23 heavy (non-hydrogen) atoms. The Labute approximate surface area is 135 Å². The molecule has 0 bridgehead atoms. The number of halogens is 3. The molecule has 0 spiro atoms. The van der Waals surface area contributed by atoms with Gasteiger partial charge in [0.1, 0.15) is 5.60 Å². The molecular weight excluding hydrogens is 313 g/mol. The molecular formula is C15H21F3N2O3. The Morgan fingerprint density at radius 3 is 2.61 bits per heavy atom. The fourth-order valence-electron chi connectivity index (χ4n) is 1.93. The van der Waals surface area contributed by atoms with E-state index in [1.807, 2.05) is 0 Å². The third-order valence-electron chi connectivity index (χ3n) is 3.25. The van der Waals surface area contributed by atoms with E-state index < -0.39 is 36.1 Å². The largest absolute Gasteiger partial charge is 0.477 e. The van der Waals surface area contributed by atoms with E-state index in [0.717, 1.165) is 4.68 Å². The van der Waals surface area contributed by atoms with Crippen molar-refractivity contribution in [3.63, 3.8) is 0 Å². The molecule has 1 aliphatic rings. The molecule has 1 aromatic rings. The number of hydrogen-bond donors (Lipinski definition) is 0. The van der Waals surface area contributed by atoms with Crippen LogP contribution in [0.3, 0.4) is 0 Å². The van der Waals surface area contributed by atoms with Crippen molar-refractivity contribution in [2.24, 2.45) is 5.41 Å². The standard InChI is InChI=1S/C15H21F3N2O3/c1-13(2,3)23-12(21)20-9-5-11(19-20)22-10-4-6-14(7-8-14)15(16,17)18/h5,9H,4,6-8,10H2,1-3H3/i6D2. The highest BCUT2D eigenvalue weighted by Crippen LogP contribution is 2.60. The molecule has 1 heterocycles. The normalized spacial score (nSPS) is 18.9. The highest BCUT2D eigenvalue weighted by atomic mass is 19.4. The van der Waals surface area contributed by atoms with Gasteiger partial charge in [-0.05, 0) is 46.4 Å². The maximum atomic E-state index is 13.0. The van der Waals surface area contributed by atoms with Crippen LogP contribution < -0.4 is 4.74 Å². The summed E-state index contributed by atoms with van der Waals surface area (Å²) in [6, 6.07) is 1.36. The van der Waals surface area contributed by atoms with E-state index in [0.29, 0.717) is 0 Å². The maximum Gasteiger partial charge on any atom is 0.435 e. The lowest BCUT2D eigenvalue weighted by molar-refractivity contribution is -0.189. The van der Waals surface area contributed by atoms with Crippen molar-refractivity contribution in [2.45, 2.75) is 58.2 Å². The SMILES string of the molecule is [2H]C([2H])(CCOc1ccn(C(=O)OC(C)(C)C)n1)C1(C(F)(F)F)CC1. The van der Waals surface area contributed by atoms with Crippen molar-refractivity contribution in [1.82, 2.24) is 9.78 Å². The second-order valence-electron chi connectivity index (χ2n) is 6.43. The first-order valence-corrected chi connectivity index (χ1v) is 7.26. The number of rotatable bonds is 5. The molecule has 1 fully saturated rings. The molecule has 0 atom stereocenters. The van der Waals surface area contributed by atoms with Gasteiger partial charge in [0.15, 0.2) is 0 Å². The second kappa shape index (κ2) is 6.05. The van der Waals surface area contributed by atoms with Crippen molar-refractivity contribution in [3.05, 3.63) is 12.3 Å². The minimum absolute atomic E-state index is 0.0125. The van der Waals surface area contributed by atoms with Gasteiger partial charge in [-0.15, -0.1) is 5.10 Å². The molecule has 5 nitrogen and oxygen atoms in total. The van der Waals surface area contributed by atoms with Crippen molar-refractivity contribution in [3.8, 4) is 5.88 Å². The Balaban J connectivity index is 1.90. The summed E-state index contributed by atoms with van der Waals surface area (Å²) in [4.78, 5) is 11.8. The van der Waals surface area contributed by atoms with Crippen LogP contribution in [0.5, 0.6) is 5.88 Å². The monoisotopic (exact) mass is 336 g/mol. The van der Waals surface area contributed by atoms with E-state index in [-0.39, 0.29) is 25.3 Å². The Kier molecular flexibility index (Phi) is 3.90. The highest BCUT2D eigenvalue weighted by molar-refractivity contribution is 5.69. The zero-order chi connectivity index (χ0) is 19.1. The summed E-state index contributed by atoms with van der Waals surface area (Å²) in [5, 5.41) is 3.82. The molecule has 2 rings (SSSR count). The summed E-state index contributed by atoms with van der Waals surface area (Å²) in [7, 11) is 0. The molecule has 0 aromatic carbocycles. The summed E-state index contributed by atoms with van der Waals surface area (Å²) in [6.45, 7) is 4.81. The smallest absolute Gasteiger partial charge is 0.435 e. The van der Waals surface area contributed by atoms with Crippen LogP contribution in [0.2, 0.25) is 0 Å². The van der Waals surface area contributed by atoms with Crippen molar-refractivity contribution >= 4 is 6.09 Å². The summed E-state index contributed by atoms with van der Waals surface area (Å²) >= 11 is 0. The van der Waals surface area contributed by atoms with E-state index in [2.05, 4.69) is 5.10 Å². The maximum absolute atomic E-state index is 13.0. The predicted molar refractivity (Wildman–Crippen MR) is 76.3 cm³/mol. The van der Waals surface area contributed by atoms with Gasteiger partial charge in [0.2, 0.25) is 5.88 Å². The summed E-state index contributed by atoms with van der Waals surface area (Å²) in [5.74, 6) is 0.0125. The third kappa shape index (κ3) is 4.62. The molecule has 130 valence electrons. The van der Waals surface area contributed by atoms with Crippen LogP contribution in [0, 0.1) is 5.41 Å². The first-order valence-electron chi connectivity index (χ1n) is 8.26. The zero-order valence-electron chi connectivity index (χ0n) is 15.2. The number of aromatic nitrogens is 2. The van der Waals surface area contributed by atoms with E-state index >= 15 is 0 Å². The van der Waals surface area contributed by atoms with Gasteiger partial charge in [-0.25, -0.2) is 4.79 Å². The van der Waals surface area contributed by atoms with Crippen LogP contribution in [-0.2, 0) is 4.74 Å². The zero-order valence-corrected chi connectivity index (χ0v) is 13.2. The lowest BCUT2D eigenvalue weighted by Crippen LogP contribution is -2.27. The van der Waals surface area contributed by atoms with Gasteiger partial charge in [-0.2, -0.15) is 17.9 Å². The molecule has 1 saturated carbocycles. The number of nitrogens with zero attached hydrogens (tertiary/aromatic N) is 2. The van der Waals surface area contributed by atoms with Crippen LogP contribution in [0.15, 0.2) is 12.3 Å². The molecule has 1 aromatic heterocycles. The molecule has 0 saturated heterocycles. The molecule has 0 radical (unpaired) electrons. The van der Waals surface area contributed by atoms with Gasteiger partial charge in [-0.3, -0.25) is 0 Å². The lowest BCUT2D eigenvalue weighted by Gasteiger charge is -2.19. The molecule has 8 heteroatoms. The van der Waals surface area contributed by atoms with Crippen LogP contribution in [0.4, 0.5) is 18.0 Å². The number of carbonyl (C=O) groups excluding carboxylic acids is 1. The molecule has 0 unspecified atom stereocenters. The molecule has 0 N–H and O–H groups in total. The fourth-order valence-corrected chi connectivity index (χ4v) is 1.93. The molecule has 1 aliphatic carbocycles. The second-order valence-corrected chi connectivity index (χ2v) is 6.43. The Bertz CT molecular complexity index is 635. The summed E-state index contributed by atoms with van der Waals surface area (Å²) in [5.41, 5.74) is -2.98. The first-order chi connectivity index (χ1) is 11.3. The number of ether oxygens (including phenoxy) is 2. The number of alkyl halides is 3. The van der Waals surface area contributed by atoms with Crippen LogP contribution in [0.1, 0.15) is 49.1 Å². The van der Waals surface area contributed by atoms with E-state index in [1.165, 1.54) is 12.3 Å². The predicted octanol–water partition coefficient (Wildman–Crippen LogP) is 4.17. The fraction of sp³-hybridized carbons (Fsp3) is 0.733. The Morgan fingerprint density at radius 2 is 2.09 bits per heavy atom. The summed E-state index contributed by atoms with van der Waals surface area (Å²) in [6.07, 6.45) is -7.25. The van der Waals surface area contributed by atoms with Crippen molar-refractivity contribution < 1.29 is 30.2 Å². The Morgan fingerprint density at radius 1 is 1.43 bits per heavy atom. The average Bonchev–Trinajstić information content (AvgIpc) is 3.12. The van der Waals surface area contributed by atoms with Crippen LogP contribution in [-0.4, -0.2) is 34.3 Å². The van der Waals surface area contributed by atoms with E-state index in [9.17, 15) is 18.0 Å². The van der Waals surface area contributed by atoms with Gasteiger partial charge in [0.05, 0.1) is 12.0 Å². The van der Waals surface area contributed by atoms with Gasteiger partial charge in [0.25, 0.3) is 0 Å². The Hall–Kier alpha value is -1.73. The lowest BCUT2D eigenvalue weighted by atomic mass is 10.0. The van der Waals surface area contributed by atoms with Gasteiger partial charge >= 0.3 is 12.3 Å². The third-order valence-corrected chi connectivity index (χ3v) is 3.25. The van der Waals surface area contributed by atoms with Gasteiger partial charge in [0, 0.05) is 15.0 Å². The number of hydrogen-bond acceptors (Lipinski definition) is 4. The minimum Gasteiger partial charge on any atom is -0.477 e.